The Hall–Kier alpha value is -1.01. The highest BCUT2D eigenvalue weighted by molar-refractivity contribution is 8.00. The van der Waals surface area contributed by atoms with Crippen molar-refractivity contribution >= 4 is 34.9 Å². The smallest absolute Gasteiger partial charge is 0.272 e. The van der Waals surface area contributed by atoms with Crippen LogP contribution in [0.4, 0.5) is 0 Å². The van der Waals surface area contributed by atoms with Crippen LogP contribution in [0.3, 0.4) is 0 Å². The number of thiophene rings is 1. The van der Waals surface area contributed by atoms with Gasteiger partial charge in [-0.15, -0.1) is 23.1 Å². The van der Waals surface area contributed by atoms with Gasteiger partial charge in [0, 0.05) is 4.88 Å². The molecule has 2 unspecified atom stereocenters. The summed E-state index contributed by atoms with van der Waals surface area (Å²) in [6, 6.07) is 1.98. The molecular formula is C17H26N2O2S2. The van der Waals surface area contributed by atoms with Crippen LogP contribution in [0, 0.1) is 5.92 Å². The number of carbonyl (C=O) groups excluding carboxylic acids is 2. The summed E-state index contributed by atoms with van der Waals surface area (Å²) in [5, 5.41) is -0.153. The Morgan fingerprint density at radius 1 is 1.43 bits per heavy atom. The fraction of sp³-hybridized carbons (Fsp3) is 0.647. The van der Waals surface area contributed by atoms with E-state index >= 15 is 0 Å². The lowest BCUT2D eigenvalue weighted by Gasteiger charge is -2.16. The summed E-state index contributed by atoms with van der Waals surface area (Å²) < 4.78 is 0. The number of carbonyl (C=O) groups is 2. The van der Waals surface area contributed by atoms with E-state index in [0.29, 0.717) is 10.8 Å². The molecule has 2 rings (SSSR count). The lowest BCUT2D eigenvalue weighted by atomic mass is 9.90. The van der Waals surface area contributed by atoms with E-state index in [2.05, 4.69) is 24.7 Å². The van der Waals surface area contributed by atoms with Gasteiger partial charge in [0.05, 0.1) is 10.1 Å². The van der Waals surface area contributed by atoms with Crippen LogP contribution in [0.15, 0.2) is 6.07 Å². The van der Waals surface area contributed by atoms with Crippen molar-refractivity contribution in [1.29, 1.82) is 0 Å². The van der Waals surface area contributed by atoms with Crippen molar-refractivity contribution in [3.05, 3.63) is 21.4 Å². The number of hydrogen-bond acceptors (Lipinski definition) is 4. The Labute approximate surface area is 146 Å². The number of fused-ring (bicyclic) bond motifs is 1. The zero-order valence-corrected chi connectivity index (χ0v) is 15.7. The molecule has 0 saturated heterocycles. The number of rotatable bonds is 6. The third kappa shape index (κ3) is 5.24. The molecule has 0 aromatic carbocycles. The van der Waals surface area contributed by atoms with Crippen molar-refractivity contribution in [2.75, 3.05) is 5.75 Å². The van der Waals surface area contributed by atoms with Gasteiger partial charge in [-0.25, -0.2) is 0 Å². The van der Waals surface area contributed by atoms with E-state index in [9.17, 15) is 9.59 Å². The van der Waals surface area contributed by atoms with Crippen LogP contribution in [0.1, 0.15) is 60.1 Å². The number of amides is 2. The summed E-state index contributed by atoms with van der Waals surface area (Å²) in [5.41, 5.74) is 6.39. The maximum atomic E-state index is 12.2. The second-order valence-corrected chi connectivity index (χ2v) is 8.80. The van der Waals surface area contributed by atoms with Crippen LogP contribution in [-0.4, -0.2) is 22.8 Å². The fourth-order valence-electron chi connectivity index (χ4n) is 2.58. The summed E-state index contributed by atoms with van der Waals surface area (Å²) in [5.74, 6) is 1.30. The maximum Gasteiger partial charge on any atom is 0.279 e. The summed E-state index contributed by atoms with van der Waals surface area (Å²) >= 11 is 3.17. The van der Waals surface area contributed by atoms with Gasteiger partial charge < -0.3 is 0 Å². The van der Waals surface area contributed by atoms with Gasteiger partial charge in [0.1, 0.15) is 0 Å². The molecule has 23 heavy (non-hydrogen) atoms. The predicted molar refractivity (Wildman–Crippen MR) is 97.9 cm³/mol. The van der Waals surface area contributed by atoms with Gasteiger partial charge in [-0.2, -0.15) is 0 Å². The third-order valence-corrected chi connectivity index (χ3v) is 6.56. The monoisotopic (exact) mass is 354 g/mol. The van der Waals surface area contributed by atoms with Gasteiger partial charge in [-0.1, -0.05) is 20.3 Å². The van der Waals surface area contributed by atoms with Crippen LogP contribution in [0.25, 0.3) is 0 Å². The molecule has 0 fully saturated rings. The van der Waals surface area contributed by atoms with Crippen LogP contribution in [0.2, 0.25) is 0 Å². The molecule has 6 heteroatoms. The standard InChI is InChI=1S/C17H26N2O2S2/c1-4-5-8-22-12(3)16(20)18-19-17(21)15-10-13-9-11(2)6-7-14(13)23-15/h10-12H,4-9H2,1-3H3,(H,18,20)(H,19,21). The largest absolute Gasteiger partial charge is 0.279 e. The average Bonchev–Trinajstić information content (AvgIpc) is 2.95. The molecule has 1 aromatic heterocycles. The molecule has 0 radical (unpaired) electrons. The number of nitrogens with one attached hydrogen (secondary N) is 2. The van der Waals surface area contributed by atoms with Crippen LogP contribution in [0.5, 0.6) is 0 Å². The minimum atomic E-state index is -0.212. The Bertz CT molecular complexity index is 557. The summed E-state index contributed by atoms with van der Waals surface area (Å²) in [6.45, 7) is 6.25. The number of aryl methyl sites for hydroxylation is 1. The lowest BCUT2D eigenvalue weighted by Crippen LogP contribution is -2.44. The second kappa shape index (κ2) is 8.73. The molecule has 0 spiro atoms. The van der Waals surface area contributed by atoms with Gasteiger partial charge in [-0.3, -0.25) is 20.4 Å². The van der Waals surface area contributed by atoms with E-state index < -0.39 is 0 Å². The first-order valence-electron chi connectivity index (χ1n) is 8.34. The minimum Gasteiger partial charge on any atom is -0.272 e. The summed E-state index contributed by atoms with van der Waals surface area (Å²) in [4.78, 5) is 26.2. The predicted octanol–water partition coefficient (Wildman–Crippen LogP) is 3.56. The van der Waals surface area contributed by atoms with Crippen molar-refractivity contribution in [2.45, 2.75) is 58.1 Å². The Balaban J connectivity index is 1.82. The van der Waals surface area contributed by atoms with E-state index in [1.165, 1.54) is 16.9 Å². The Morgan fingerprint density at radius 2 is 2.22 bits per heavy atom. The molecule has 0 saturated carbocycles. The maximum absolute atomic E-state index is 12.2. The first-order valence-corrected chi connectivity index (χ1v) is 10.2. The van der Waals surface area contributed by atoms with E-state index in [1.54, 1.807) is 23.1 Å². The summed E-state index contributed by atoms with van der Waals surface area (Å²) in [6.07, 6.45) is 5.54. The van der Waals surface area contributed by atoms with Gasteiger partial charge in [0.25, 0.3) is 11.8 Å². The normalized spacial score (nSPS) is 18.1. The van der Waals surface area contributed by atoms with Crippen molar-refractivity contribution < 1.29 is 9.59 Å². The van der Waals surface area contributed by atoms with E-state index in [-0.39, 0.29) is 17.1 Å². The fourth-order valence-corrected chi connectivity index (χ4v) is 4.70. The number of hydrazine groups is 1. The number of thioether (sulfide) groups is 1. The van der Waals surface area contributed by atoms with Gasteiger partial charge in [-0.05, 0) is 55.9 Å². The molecule has 2 amide bonds. The van der Waals surface area contributed by atoms with Crippen molar-refractivity contribution in [2.24, 2.45) is 5.92 Å². The van der Waals surface area contributed by atoms with Crippen molar-refractivity contribution in [1.82, 2.24) is 10.9 Å². The molecule has 2 N–H and O–H groups in total. The van der Waals surface area contributed by atoms with Gasteiger partial charge in [0.15, 0.2) is 0 Å². The zero-order valence-electron chi connectivity index (χ0n) is 14.1. The third-order valence-electron chi connectivity index (χ3n) is 4.09. The van der Waals surface area contributed by atoms with Crippen molar-refractivity contribution in [3.63, 3.8) is 0 Å². The lowest BCUT2D eigenvalue weighted by molar-refractivity contribution is -0.121. The zero-order chi connectivity index (χ0) is 16.8. The Morgan fingerprint density at radius 3 is 2.96 bits per heavy atom. The van der Waals surface area contributed by atoms with Crippen LogP contribution in [-0.2, 0) is 17.6 Å². The molecule has 0 aliphatic heterocycles. The topological polar surface area (TPSA) is 58.2 Å². The first-order chi connectivity index (χ1) is 11.0. The van der Waals surface area contributed by atoms with Gasteiger partial charge >= 0.3 is 0 Å². The van der Waals surface area contributed by atoms with E-state index in [0.717, 1.165) is 31.4 Å². The molecular weight excluding hydrogens is 328 g/mol. The molecule has 1 heterocycles. The molecule has 4 nitrogen and oxygen atoms in total. The van der Waals surface area contributed by atoms with Crippen LogP contribution < -0.4 is 10.9 Å². The van der Waals surface area contributed by atoms with Crippen molar-refractivity contribution in [3.8, 4) is 0 Å². The SMILES string of the molecule is CCCCSC(C)C(=O)NNC(=O)c1cc2c(s1)CCC(C)C2. The molecule has 1 aliphatic carbocycles. The molecule has 1 aliphatic rings. The molecule has 128 valence electrons. The van der Waals surface area contributed by atoms with E-state index in [1.807, 2.05) is 13.0 Å². The minimum absolute atomic E-state index is 0.144. The van der Waals surface area contributed by atoms with Gasteiger partial charge in [0.2, 0.25) is 0 Å². The highest BCUT2D eigenvalue weighted by atomic mass is 32.2. The molecule has 1 aromatic rings. The van der Waals surface area contributed by atoms with Crippen LogP contribution >= 0.6 is 23.1 Å². The number of hydrogen-bond donors (Lipinski definition) is 2. The number of unbranched alkanes of at least 4 members (excludes halogenated alkanes) is 1. The summed E-state index contributed by atoms with van der Waals surface area (Å²) in [7, 11) is 0. The highest BCUT2D eigenvalue weighted by Crippen LogP contribution is 2.32. The Kier molecular flexibility index (Phi) is 6.96. The first kappa shape index (κ1) is 18.3. The van der Waals surface area contributed by atoms with E-state index in [4.69, 9.17) is 0 Å². The molecule has 2 atom stereocenters. The average molecular weight is 355 g/mol. The quantitative estimate of drug-likeness (QED) is 0.607. The highest BCUT2D eigenvalue weighted by Gasteiger charge is 2.21. The second-order valence-electron chi connectivity index (χ2n) is 6.22. The molecule has 0 bridgehead atoms.